The van der Waals surface area contributed by atoms with Crippen LogP contribution in [-0.2, 0) is 16.6 Å². The van der Waals surface area contributed by atoms with Gasteiger partial charge in [-0.05, 0) is 37.5 Å². The minimum absolute atomic E-state index is 0.0864. The number of rotatable bonds is 8. The molecule has 174 valence electrons. The standard InChI is InChI=1S/C23H31N3O5S/c1-16-8-10-17(11-9-16)15-24-23(27)25-19-6-4-5-7-20(19)26-32(28,29)18-12-13-21(30-2)22(14-18)31-3/h8-14,19-20,26H,4-7,15H2,1-3H3,(H2,24,25,27). The molecule has 0 radical (unpaired) electrons. The van der Waals surface area contributed by atoms with Gasteiger partial charge in [-0.15, -0.1) is 0 Å². The Morgan fingerprint density at radius 1 is 0.969 bits per heavy atom. The Labute approximate surface area is 189 Å². The molecule has 2 amide bonds. The quantitative estimate of drug-likeness (QED) is 0.560. The fourth-order valence-electron chi connectivity index (χ4n) is 3.80. The van der Waals surface area contributed by atoms with E-state index in [2.05, 4.69) is 15.4 Å². The number of hydrogen-bond acceptors (Lipinski definition) is 5. The molecular formula is C23H31N3O5S. The van der Waals surface area contributed by atoms with Gasteiger partial charge < -0.3 is 20.1 Å². The maximum absolute atomic E-state index is 13.0. The molecule has 8 nitrogen and oxygen atoms in total. The Bertz CT molecular complexity index is 1020. The summed E-state index contributed by atoms with van der Waals surface area (Å²) in [5.74, 6) is 0.790. The molecular weight excluding hydrogens is 430 g/mol. The summed E-state index contributed by atoms with van der Waals surface area (Å²) in [5, 5.41) is 5.79. The molecule has 9 heteroatoms. The first-order valence-corrected chi connectivity index (χ1v) is 12.1. The number of hydrogen-bond donors (Lipinski definition) is 3. The van der Waals surface area contributed by atoms with Gasteiger partial charge in [-0.2, -0.15) is 0 Å². The van der Waals surface area contributed by atoms with Crippen LogP contribution in [0, 0.1) is 6.92 Å². The topological polar surface area (TPSA) is 106 Å². The van der Waals surface area contributed by atoms with E-state index in [9.17, 15) is 13.2 Å². The van der Waals surface area contributed by atoms with Gasteiger partial charge in [0.05, 0.1) is 19.1 Å². The first kappa shape index (κ1) is 23.9. The third-order valence-corrected chi connectivity index (χ3v) is 7.12. The first-order chi connectivity index (χ1) is 15.3. The zero-order valence-electron chi connectivity index (χ0n) is 18.7. The first-order valence-electron chi connectivity index (χ1n) is 10.7. The lowest BCUT2D eigenvalue weighted by molar-refractivity contribution is 0.227. The Kier molecular flexibility index (Phi) is 7.98. The summed E-state index contributed by atoms with van der Waals surface area (Å²) >= 11 is 0. The second-order valence-corrected chi connectivity index (χ2v) is 9.66. The summed E-state index contributed by atoms with van der Waals surface area (Å²) in [7, 11) is -0.854. The van der Waals surface area contributed by atoms with Crippen molar-refractivity contribution < 1.29 is 22.7 Å². The Morgan fingerprint density at radius 2 is 1.62 bits per heavy atom. The molecule has 2 aromatic rings. The van der Waals surface area contributed by atoms with Crippen LogP contribution in [0.3, 0.4) is 0 Å². The van der Waals surface area contributed by atoms with Crippen molar-refractivity contribution in [3.63, 3.8) is 0 Å². The van der Waals surface area contributed by atoms with Crippen molar-refractivity contribution in [2.24, 2.45) is 0 Å². The number of carbonyl (C=O) groups excluding carboxylic acids is 1. The van der Waals surface area contributed by atoms with E-state index in [1.165, 1.54) is 26.4 Å². The van der Waals surface area contributed by atoms with Gasteiger partial charge in [0.2, 0.25) is 10.0 Å². The molecule has 0 heterocycles. The van der Waals surface area contributed by atoms with E-state index in [-0.39, 0.29) is 17.0 Å². The van der Waals surface area contributed by atoms with Crippen molar-refractivity contribution in [1.29, 1.82) is 0 Å². The van der Waals surface area contributed by atoms with Crippen LogP contribution in [0.2, 0.25) is 0 Å². The average molecular weight is 462 g/mol. The van der Waals surface area contributed by atoms with Gasteiger partial charge in [-0.3, -0.25) is 0 Å². The maximum Gasteiger partial charge on any atom is 0.315 e. The summed E-state index contributed by atoms with van der Waals surface area (Å²) in [5.41, 5.74) is 2.16. The molecule has 0 bridgehead atoms. The molecule has 3 rings (SSSR count). The smallest absolute Gasteiger partial charge is 0.315 e. The number of aryl methyl sites for hydroxylation is 1. The fourth-order valence-corrected chi connectivity index (χ4v) is 5.13. The van der Waals surface area contributed by atoms with Gasteiger partial charge in [-0.1, -0.05) is 42.7 Å². The molecule has 0 aliphatic heterocycles. The minimum Gasteiger partial charge on any atom is -0.493 e. The molecule has 2 unspecified atom stereocenters. The van der Waals surface area contributed by atoms with Crippen molar-refractivity contribution in [2.75, 3.05) is 14.2 Å². The second kappa shape index (κ2) is 10.7. The molecule has 0 saturated heterocycles. The lowest BCUT2D eigenvalue weighted by atomic mass is 9.91. The van der Waals surface area contributed by atoms with E-state index in [4.69, 9.17) is 9.47 Å². The highest BCUT2D eigenvalue weighted by Gasteiger charge is 2.31. The van der Waals surface area contributed by atoms with Gasteiger partial charge >= 0.3 is 6.03 Å². The van der Waals surface area contributed by atoms with E-state index < -0.39 is 16.1 Å². The summed E-state index contributed by atoms with van der Waals surface area (Å²) in [6, 6.07) is 11.4. The Balaban J connectivity index is 1.64. The van der Waals surface area contributed by atoms with E-state index in [0.717, 1.165) is 24.0 Å². The Hall–Kier alpha value is -2.78. The summed E-state index contributed by atoms with van der Waals surface area (Å²) < 4.78 is 39.2. The van der Waals surface area contributed by atoms with Crippen LogP contribution in [0.1, 0.15) is 36.8 Å². The molecule has 32 heavy (non-hydrogen) atoms. The number of amides is 2. The zero-order valence-corrected chi connectivity index (χ0v) is 19.5. The lowest BCUT2D eigenvalue weighted by Gasteiger charge is -2.32. The Morgan fingerprint density at radius 3 is 2.28 bits per heavy atom. The molecule has 1 aliphatic rings. The average Bonchev–Trinajstić information content (AvgIpc) is 2.79. The molecule has 0 spiro atoms. The van der Waals surface area contributed by atoms with Crippen LogP contribution < -0.4 is 24.8 Å². The van der Waals surface area contributed by atoms with Gasteiger partial charge in [0.1, 0.15) is 0 Å². The SMILES string of the molecule is COc1ccc(S(=O)(=O)NC2CCCCC2NC(=O)NCc2ccc(C)cc2)cc1OC. The molecule has 1 aliphatic carbocycles. The van der Waals surface area contributed by atoms with Crippen molar-refractivity contribution in [2.45, 2.75) is 56.1 Å². The predicted molar refractivity (Wildman–Crippen MR) is 122 cm³/mol. The van der Waals surface area contributed by atoms with Crippen molar-refractivity contribution in [3.05, 3.63) is 53.6 Å². The molecule has 0 aromatic heterocycles. The summed E-state index contributed by atoms with van der Waals surface area (Å²) in [4.78, 5) is 12.5. The highest BCUT2D eigenvalue weighted by atomic mass is 32.2. The summed E-state index contributed by atoms with van der Waals surface area (Å²) in [6.07, 6.45) is 3.17. The van der Waals surface area contributed by atoms with E-state index in [1.807, 2.05) is 31.2 Å². The number of nitrogens with one attached hydrogen (secondary N) is 3. The van der Waals surface area contributed by atoms with Crippen LogP contribution >= 0.6 is 0 Å². The summed E-state index contributed by atoms with van der Waals surface area (Å²) in [6.45, 7) is 2.41. The number of carbonyl (C=O) groups is 1. The van der Waals surface area contributed by atoms with Gasteiger partial charge in [0.25, 0.3) is 0 Å². The third kappa shape index (κ3) is 6.14. The third-order valence-electron chi connectivity index (χ3n) is 5.63. The van der Waals surface area contributed by atoms with Gasteiger partial charge in [0, 0.05) is 24.7 Å². The monoisotopic (exact) mass is 461 g/mol. The number of sulfonamides is 1. The minimum atomic E-state index is -3.80. The lowest BCUT2D eigenvalue weighted by Crippen LogP contribution is -2.54. The maximum atomic E-state index is 13.0. The van der Waals surface area contributed by atoms with Crippen LogP contribution in [0.4, 0.5) is 4.79 Å². The number of urea groups is 1. The molecule has 2 atom stereocenters. The highest BCUT2D eigenvalue weighted by molar-refractivity contribution is 7.89. The molecule has 1 fully saturated rings. The van der Waals surface area contributed by atoms with E-state index >= 15 is 0 Å². The van der Waals surface area contributed by atoms with Crippen LogP contribution in [0.25, 0.3) is 0 Å². The van der Waals surface area contributed by atoms with E-state index in [1.54, 1.807) is 6.07 Å². The largest absolute Gasteiger partial charge is 0.493 e. The highest BCUT2D eigenvalue weighted by Crippen LogP contribution is 2.30. The predicted octanol–water partition coefficient (Wildman–Crippen LogP) is 3.10. The molecule has 2 aromatic carbocycles. The van der Waals surface area contributed by atoms with Crippen molar-refractivity contribution in [3.8, 4) is 11.5 Å². The zero-order chi connectivity index (χ0) is 23.1. The van der Waals surface area contributed by atoms with Crippen LogP contribution in [-0.4, -0.2) is 40.8 Å². The van der Waals surface area contributed by atoms with E-state index in [0.29, 0.717) is 30.9 Å². The number of methoxy groups -OCH3 is 2. The molecule has 1 saturated carbocycles. The molecule has 3 N–H and O–H groups in total. The fraction of sp³-hybridized carbons (Fsp3) is 0.435. The number of ether oxygens (including phenoxy) is 2. The van der Waals surface area contributed by atoms with Crippen LogP contribution in [0.15, 0.2) is 47.4 Å². The van der Waals surface area contributed by atoms with Crippen LogP contribution in [0.5, 0.6) is 11.5 Å². The van der Waals surface area contributed by atoms with Gasteiger partial charge in [0.15, 0.2) is 11.5 Å². The second-order valence-electron chi connectivity index (χ2n) is 7.95. The number of benzene rings is 2. The normalized spacial score (nSPS) is 18.6. The van der Waals surface area contributed by atoms with Gasteiger partial charge in [-0.25, -0.2) is 17.9 Å². The van der Waals surface area contributed by atoms with Crippen molar-refractivity contribution >= 4 is 16.1 Å². The van der Waals surface area contributed by atoms with Crippen molar-refractivity contribution in [1.82, 2.24) is 15.4 Å².